The molecule has 8 aromatic carbocycles. The van der Waals surface area contributed by atoms with Gasteiger partial charge in [0.25, 0.3) is 0 Å². The molecule has 0 amide bonds. The molecular weight excluding hydrogens is 1560 g/mol. The molecule has 0 radical (unpaired) electrons. The highest BCUT2D eigenvalue weighted by molar-refractivity contribution is 6.58. The molecule has 5 heterocycles. The number of rotatable bonds is 17. The summed E-state index contributed by atoms with van der Waals surface area (Å²) >= 11 is 5.60. The number of nitrogen functional groups attached to an aromatic ring is 1. The molecule has 6 N–H and O–H groups in total. The third-order valence-corrected chi connectivity index (χ3v) is 19.6. The number of ketones is 2. The van der Waals surface area contributed by atoms with Crippen molar-refractivity contribution in [3.05, 3.63) is 371 Å². The Bertz CT molecular complexity index is 5860. The van der Waals surface area contributed by atoms with E-state index in [0.29, 0.717) is 61.3 Å². The van der Waals surface area contributed by atoms with Gasteiger partial charge in [0.2, 0.25) is 0 Å². The summed E-state index contributed by atoms with van der Waals surface area (Å²) in [6.07, 6.45) is 0.319. The number of carbonyl (C=O) groups excluding carboxylic acids is 6. The highest BCUT2D eigenvalue weighted by Gasteiger charge is 2.23. The van der Waals surface area contributed by atoms with Crippen LogP contribution in [0.2, 0.25) is 5.15 Å². The third kappa shape index (κ3) is 26.4. The van der Waals surface area contributed by atoms with E-state index in [1.54, 1.807) is 87.5 Å². The van der Waals surface area contributed by atoms with Gasteiger partial charge in [0.1, 0.15) is 16.5 Å². The molecule has 0 spiro atoms. The normalized spacial score (nSPS) is 10.1. The van der Waals surface area contributed by atoms with Crippen molar-refractivity contribution in [3.63, 3.8) is 0 Å². The zero-order chi connectivity index (χ0) is 89.4. The Labute approximate surface area is 715 Å². The van der Waals surface area contributed by atoms with Crippen molar-refractivity contribution in [1.82, 2.24) is 24.9 Å². The minimum atomic E-state index is -1.34. The second kappa shape index (κ2) is 46.2. The van der Waals surface area contributed by atoms with Gasteiger partial charge in [0, 0.05) is 40.8 Å². The summed E-state index contributed by atoms with van der Waals surface area (Å²) in [5, 5.41) is 35.8. The average Bonchev–Trinajstić information content (AvgIpc) is 0.810. The number of anilines is 1. The molecule has 5 aromatic heterocycles. The number of aromatic carboxylic acids is 2. The number of aryl methyl sites for hydroxylation is 8. The number of carboxylic acid groups (broad SMARTS) is 2. The Hall–Kier alpha value is -14.3. The summed E-state index contributed by atoms with van der Waals surface area (Å²) in [4.78, 5) is 116. The van der Waals surface area contributed by atoms with Crippen LogP contribution in [0.3, 0.4) is 0 Å². The lowest BCUT2D eigenvalue weighted by atomic mass is 9.81. The standard InChI is InChI=1S/C24H23NO3.C23H21NO3.C14H13NO2.C13H11NO2.C10H13NO2.C8H8ClNO2.C6H7BO2/c1-15-10-12-19(24(27)28-4)17(3)20(15)14-22(26)23-16(2)11-13-21(25-23)18-8-6-5-7-9-18;1-14-9-11-18(23(26)27)16(3)19(14)13-21(25)22-15(2)10-12-20(24-22)17-7-5-4-6-8-17;1-10-8-9-12(11-6-4-3-5-7-11)15-13(10)14(16)17-2;1-9-7-8-11(14-12(9)13(15)16)10-5-3-2-4-6-10;1-6-4-5-8(10(12)13-3)7(2)9(6)11;1-5-3-4-6(9)10-7(5)8(11)12-2;8-7(9)6-4-2-1-3-5-6/h5-13H,14H2,1-4H3;4-12H,13H2,1-3H3,(H,26,27);3-9H,1-2H3;2-8H,1H3,(H,15,16);4-5H,11H2,1-3H3;3-4H,1-2H3;1-5,8-9H. The van der Waals surface area contributed by atoms with Crippen LogP contribution in [-0.4, -0.2) is 128 Å². The van der Waals surface area contributed by atoms with Gasteiger partial charge in [0.05, 0.1) is 67.9 Å². The van der Waals surface area contributed by atoms with Crippen molar-refractivity contribution in [2.75, 3.05) is 34.2 Å². The average molecular weight is 1660 g/mol. The fraction of sp³-hybridized carbons (Fsp3) is 0.173. The van der Waals surface area contributed by atoms with Gasteiger partial charge in [-0.1, -0.05) is 212 Å². The number of carbonyl (C=O) groups is 8. The third-order valence-electron chi connectivity index (χ3n) is 19.4. The lowest BCUT2D eigenvalue weighted by Gasteiger charge is -2.14. The molecule has 0 atom stereocenters. The quantitative estimate of drug-likeness (QED) is 0.0141. The number of Topliss-reactive ketones (excluding diaryl/α,β-unsaturated/α-hetero) is 2. The maximum atomic E-state index is 13.1. The van der Waals surface area contributed by atoms with Crippen LogP contribution in [-0.2, 0) is 31.8 Å². The van der Waals surface area contributed by atoms with Crippen molar-refractivity contribution >= 4 is 77.3 Å². The molecule has 0 unspecified atom stereocenters. The zero-order valence-corrected chi connectivity index (χ0v) is 71.3. The first-order valence-corrected chi connectivity index (χ1v) is 38.7. The monoisotopic (exact) mass is 1660 g/mol. The number of pyridine rings is 5. The molecule has 22 nitrogen and oxygen atoms in total. The molecule has 122 heavy (non-hydrogen) atoms. The van der Waals surface area contributed by atoms with Gasteiger partial charge < -0.3 is 44.9 Å². The van der Waals surface area contributed by atoms with Crippen molar-refractivity contribution < 1.29 is 77.6 Å². The first-order chi connectivity index (χ1) is 58.2. The minimum absolute atomic E-state index is 0.0662. The summed E-state index contributed by atoms with van der Waals surface area (Å²) in [5.74, 6) is -3.76. The lowest BCUT2D eigenvalue weighted by molar-refractivity contribution is 0.0584. The second-order valence-electron chi connectivity index (χ2n) is 27.8. The molecule has 0 bridgehead atoms. The molecule has 13 aromatic rings. The number of methoxy groups -OCH3 is 4. The molecule has 0 aliphatic rings. The van der Waals surface area contributed by atoms with E-state index in [2.05, 4.69) is 34.4 Å². The summed E-state index contributed by atoms with van der Waals surface area (Å²) in [5.41, 5.74) is 27.2. The number of benzene rings is 8. The smallest absolute Gasteiger partial charge is 0.478 e. The van der Waals surface area contributed by atoms with E-state index in [4.69, 9.17) is 42.0 Å². The van der Waals surface area contributed by atoms with Gasteiger partial charge in [0.15, 0.2) is 28.6 Å². The van der Waals surface area contributed by atoms with E-state index >= 15 is 0 Å². The number of hydrogen-bond donors (Lipinski definition) is 5. The van der Waals surface area contributed by atoms with Crippen LogP contribution in [0.25, 0.3) is 45.0 Å². The second-order valence-corrected chi connectivity index (χ2v) is 28.2. The van der Waals surface area contributed by atoms with Gasteiger partial charge in [-0.2, -0.15) is 0 Å². The predicted molar refractivity (Wildman–Crippen MR) is 475 cm³/mol. The SMILES string of the molecule is COC(=O)c1ccc(C)c(CC(=O)c2nc(-c3ccccc3)ccc2C)c1C.COC(=O)c1ccc(C)c(N)c1C.COC(=O)c1nc(-c2ccccc2)ccc1C.COC(=O)c1nc(Cl)ccc1C.Cc1ccc(-c2ccccc2)nc1C(=O)Cc1c(C)ccc(C(=O)O)c1C.Cc1ccc(-c2ccccc2)nc1C(=O)O.OB(O)c1ccccc1. The van der Waals surface area contributed by atoms with Gasteiger partial charge in [-0.3, -0.25) is 9.59 Å². The van der Waals surface area contributed by atoms with Gasteiger partial charge in [-0.15, -0.1) is 0 Å². The number of esters is 4. The first kappa shape index (κ1) is 94.9. The highest BCUT2D eigenvalue weighted by atomic mass is 35.5. The first-order valence-electron chi connectivity index (χ1n) is 38.3. The number of aromatic nitrogens is 5. The van der Waals surface area contributed by atoms with E-state index in [-0.39, 0.29) is 47.3 Å². The number of nitrogens with zero attached hydrogens (tertiary/aromatic N) is 5. The summed E-state index contributed by atoms with van der Waals surface area (Å²) < 4.78 is 18.7. The molecule has 0 fully saturated rings. The summed E-state index contributed by atoms with van der Waals surface area (Å²) in [6, 6.07) is 76.3. The fourth-order valence-electron chi connectivity index (χ4n) is 12.3. The molecular formula is C98H96BClN6O16. The number of ether oxygens (including phenoxy) is 4. The largest absolute Gasteiger partial charge is 0.488 e. The Kier molecular flexibility index (Phi) is 35.9. The Balaban J connectivity index is 0.000000202. The van der Waals surface area contributed by atoms with Crippen LogP contribution < -0.4 is 11.2 Å². The van der Waals surface area contributed by atoms with E-state index in [9.17, 15) is 43.5 Å². The Morgan fingerprint density at radius 2 is 0.590 bits per heavy atom. The highest BCUT2D eigenvalue weighted by Crippen LogP contribution is 2.28. The molecule has 24 heteroatoms. The van der Waals surface area contributed by atoms with Crippen LogP contribution in [0, 0.1) is 76.2 Å². The summed E-state index contributed by atoms with van der Waals surface area (Å²) in [7, 11) is 4.04. The Morgan fingerprint density at radius 3 is 0.926 bits per heavy atom. The van der Waals surface area contributed by atoms with E-state index < -0.39 is 37.0 Å². The topological polar surface area (TPSA) is 345 Å². The van der Waals surface area contributed by atoms with Crippen molar-refractivity contribution in [2.24, 2.45) is 0 Å². The molecule has 0 aliphatic carbocycles. The molecule has 0 saturated heterocycles. The van der Waals surface area contributed by atoms with Gasteiger partial charge in [-0.25, -0.2) is 53.7 Å². The van der Waals surface area contributed by atoms with Crippen LogP contribution in [0.15, 0.2) is 249 Å². The minimum Gasteiger partial charge on any atom is -0.478 e. The van der Waals surface area contributed by atoms with Crippen LogP contribution >= 0.6 is 11.6 Å². The molecule has 13 rings (SSSR count). The van der Waals surface area contributed by atoms with Crippen LogP contribution in [0.4, 0.5) is 5.69 Å². The number of carboxylic acids is 2. The van der Waals surface area contributed by atoms with Gasteiger partial charge in [-0.05, 0) is 202 Å². The molecule has 0 saturated carbocycles. The summed E-state index contributed by atoms with van der Waals surface area (Å²) in [6.45, 7) is 20.3. The van der Waals surface area contributed by atoms with Crippen molar-refractivity contribution in [1.29, 1.82) is 0 Å². The number of halogens is 1. The van der Waals surface area contributed by atoms with Crippen molar-refractivity contribution in [2.45, 2.75) is 89.0 Å². The van der Waals surface area contributed by atoms with E-state index in [0.717, 1.165) is 101 Å². The van der Waals surface area contributed by atoms with E-state index in [1.807, 2.05) is 237 Å². The van der Waals surface area contributed by atoms with Crippen LogP contribution in [0.5, 0.6) is 0 Å². The molecule has 0 aliphatic heterocycles. The number of hydrogen-bond acceptors (Lipinski definition) is 20. The van der Waals surface area contributed by atoms with Crippen molar-refractivity contribution in [3.8, 4) is 45.0 Å². The van der Waals surface area contributed by atoms with Crippen LogP contribution in [0.1, 0.15) is 156 Å². The number of nitrogens with two attached hydrogens (primary N) is 1. The maximum Gasteiger partial charge on any atom is 0.488 e. The van der Waals surface area contributed by atoms with Gasteiger partial charge >= 0.3 is 42.9 Å². The lowest BCUT2D eigenvalue weighted by Crippen LogP contribution is -2.29. The molecule has 624 valence electrons. The Morgan fingerprint density at radius 1 is 0.311 bits per heavy atom. The zero-order valence-electron chi connectivity index (χ0n) is 70.5. The maximum absolute atomic E-state index is 13.1. The fourth-order valence-corrected chi connectivity index (χ4v) is 12.4. The predicted octanol–water partition coefficient (Wildman–Crippen LogP) is 18.2. The van der Waals surface area contributed by atoms with E-state index in [1.165, 1.54) is 28.4 Å².